The van der Waals surface area contributed by atoms with Crippen LogP contribution in [0.4, 0.5) is 0 Å². The van der Waals surface area contributed by atoms with Crippen molar-refractivity contribution in [2.45, 2.75) is 69.4 Å². The van der Waals surface area contributed by atoms with E-state index in [-0.39, 0.29) is 46.9 Å². The SMILES string of the molecule is COc1ccc(CN2C(=O)[C@H]3CCCC[C@H]3C2=O)cc1S(=O)(=O)N1CCCC[C@H]1C. The maximum atomic E-state index is 13.4. The fraction of sp³-hybridized carbons (Fsp3) is 0.636. The van der Waals surface area contributed by atoms with Gasteiger partial charge in [-0.3, -0.25) is 14.5 Å². The zero-order valence-corrected chi connectivity index (χ0v) is 18.5. The third-order valence-corrected chi connectivity index (χ3v) is 8.86. The molecule has 0 radical (unpaired) electrons. The van der Waals surface area contributed by atoms with Gasteiger partial charge in [0, 0.05) is 12.6 Å². The number of carbonyl (C=O) groups is 2. The number of nitrogens with zero attached hydrogens (tertiary/aromatic N) is 2. The topological polar surface area (TPSA) is 84.0 Å². The lowest BCUT2D eigenvalue weighted by Gasteiger charge is -2.32. The quantitative estimate of drug-likeness (QED) is 0.666. The van der Waals surface area contributed by atoms with E-state index in [1.807, 2.05) is 6.92 Å². The molecule has 0 unspecified atom stereocenters. The van der Waals surface area contributed by atoms with Crippen LogP contribution >= 0.6 is 0 Å². The molecule has 2 heterocycles. The van der Waals surface area contributed by atoms with E-state index in [4.69, 9.17) is 4.74 Å². The highest BCUT2D eigenvalue weighted by Crippen LogP contribution is 2.39. The van der Waals surface area contributed by atoms with Gasteiger partial charge in [0.05, 0.1) is 25.5 Å². The number of amides is 2. The number of imide groups is 1. The number of likely N-dealkylation sites (tertiary alicyclic amines) is 1. The second-order valence-corrected chi connectivity index (χ2v) is 10.6. The molecule has 1 saturated carbocycles. The summed E-state index contributed by atoms with van der Waals surface area (Å²) in [5.41, 5.74) is 0.624. The van der Waals surface area contributed by atoms with Crippen LogP contribution in [0.2, 0.25) is 0 Å². The van der Waals surface area contributed by atoms with Crippen LogP contribution in [-0.2, 0) is 26.2 Å². The second kappa shape index (κ2) is 8.30. The minimum absolute atomic E-state index is 0.0676. The van der Waals surface area contributed by atoms with E-state index in [1.165, 1.54) is 12.0 Å². The van der Waals surface area contributed by atoms with Crippen LogP contribution in [-0.4, -0.2) is 49.1 Å². The number of sulfonamides is 1. The third kappa shape index (κ3) is 3.64. The Morgan fingerprint density at radius 3 is 2.23 bits per heavy atom. The molecule has 1 aromatic carbocycles. The van der Waals surface area contributed by atoms with E-state index in [2.05, 4.69) is 0 Å². The molecule has 3 atom stereocenters. The van der Waals surface area contributed by atoms with E-state index < -0.39 is 10.0 Å². The summed E-state index contributed by atoms with van der Waals surface area (Å²) < 4.78 is 33.7. The summed E-state index contributed by atoms with van der Waals surface area (Å²) in [5, 5.41) is 0. The fourth-order valence-corrected chi connectivity index (χ4v) is 7.05. The minimum Gasteiger partial charge on any atom is -0.495 e. The Balaban J connectivity index is 1.63. The van der Waals surface area contributed by atoms with Crippen molar-refractivity contribution >= 4 is 21.8 Å². The first kappa shape index (κ1) is 21.3. The zero-order valence-electron chi connectivity index (χ0n) is 17.7. The molecular weight excluding hydrogens is 404 g/mol. The van der Waals surface area contributed by atoms with Gasteiger partial charge >= 0.3 is 0 Å². The number of rotatable bonds is 5. The number of ether oxygens (including phenoxy) is 1. The van der Waals surface area contributed by atoms with Crippen molar-refractivity contribution in [2.75, 3.05) is 13.7 Å². The van der Waals surface area contributed by atoms with Crippen LogP contribution in [0.3, 0.4) is 0 Å². The Labute approximate surface area is 178 Å². The number of hydrogen-bond donors (Lipinski definition) is 0. The summed E-state index contributed by atoms with van der Waals surface area (Å²) >= 11 is 0. The Bertz CT molecular complexity index is 921. The predicted molar refractivity (Wildman–Crippen MR) is 111 cm³/mol. The van der Waals surface area contributed by atoms with Gasteiger partial charge in [-0.15, -0.1) is 0 Å². The molecule has 2 amide bonds. The molecular formula is C22H30N2O5S. The van der Waals surface area contributed by atoms with Gasteiger partial charge in [-0.1, -0.05) is 25.3 Å². The van der Waals surface area contributed by atoms with E-state index in [0.717, 1.165) is 44.9 Å². The van der Waals surface area contributed by atoms with Crippen molar-refractivity contribution in [3.05, 3.63) is 23.8 Å². The molecule has 2 aliphatic heterocycles. The van der Waals surface area contributed by atoms with Gasteiger partial charge in [-0.25, -0.2) is 8.42 Å². The van der Waals surface area contributed by atoms with Crippen molar-refractivity contribution in [3.8, 4) is 5.75 Å². The van der Waals surface area contributed by atoms with Crippen molar-refractivity contribution in [3.63, 3.8) is 0 Å². The van der Waals surface area contributed by atoms with Gasteiger partial charge in [-0.05, 0) is 50.3 Å². The molecule has 1 aromatic rings. The van der Waals surface area contributed by atoms with E-state index in [1.54, 1.807) is 22.5 Å². The van der Waals surface area contributed by atoms with Gasteiger partial charge < -0.3 is 4.74 Å². The van der Waals surface area contributed by atoms with Crippen LogP contribution in [0.15, 0.2) is 23.1 Å². The molecule has 30 heavy (non-hydrogen) atoms. The average molecular weight is 435 g/mol. The Kier molecular flexibility index (Phi) is 5.90. The number of fused-ring (bicyclic) bond motifs is 1. The summed E-state index contributed by atoms with van der Waals surface area (Å²) in [6.07, 6.45) is 6.18. The van der Waals surface area contributed by atoms with Crippen molar-refractivity contribution in [1.82, 2.24) is 9.21 Å². The van der Waals surface area contributed by atoms with E-state index in [0.29, 0.717) is 12.1 Å². The molecule has 0 aromatic heterocycles. The first-order chi connectivity index (χ1) is 14.3. The number of piperidine rings is 1. The monoisotopic (exact) mass is 434 g/mol. The smallest absolute Gasteiger partial charge is 0.247 e. The summed E-state index contributed by atoms with van der Waals surface area (Å²) in [7, 11) is -2.29. The molecule has 4 rings (SSSR count). The second-order valence-electron chi connectivity index (χ2n) is 8.71. The Morgan fingerprint density at radius 1 is 1.00 bits per heavy atom. The molecule has 0 bridgehead atoms. The lowest BCUT2D eigenvalue weighted by atomic mass is 9.81. The van der Waals surface area contributed by atoms with Gasteiger partial charge in [0.15, 0.2) is 0 Å². The molecule has 0 N–H and O–H groups in total. The normalized spacial score (nSPS) is 27.9. The van der Waals surface area contributed by atoms with Crippen LogP contribution in [0, 0.1) is 11.8 Å². The molecule has 3 fully saturated rings. The molecule has 2 saturated heterocycles. The lowest BCUT2D eigenvalue weighted by Crippen LogP contribution is -2.42. The van der Waals surface area contributed by atoms with Crippen LogP contribution in [0.5, 0.6) is 5.75 Å². The molecule has 164 valence electrons. The Hall–Kier alpha value is -1.93. The van der Waals surface area contributed by atoms with Gasteiger partial charge in [0.2, 0.25) is 21.8 Å². The maximum Gasteiger partial charge on any atom is 0.247 e. The highest BCUT2D eigenvalue weighted by molar-refractivity contribution is 7.89. The molecule has 8 heteroatoms. The predicted octanol–water partition coefficient (Wildman–Crippen LogP) is 2.93. The molecule has 7 nitrogen and oxygen atoms in total. The number of benzene rings is 1. The number of methoxy groups -OCH3 is 1. The largest absolute Gasteiger partial charge is 0.495 e. The highest BCUT2D eigenvalue weighted by atomic mass is 32.2. The third-order valence-electron chi connectivity index (χ3n) is 6.83. The van der Waals surface area contributed by atoms with Crippen LogP contribution in [0.25, 0.3) is 0 Å². The summed E-state index contributed by atoms with van der Waals surface area (Å²) in [4.78, 5) is 27.0. The van der Waals surface area contributed by atoms with Gasteiger partial charge in [0.1, 0.15) is 10.6 Å². The standard InChI is InChI=1S/C22H30N2O5S/c1-15-7-5-6-12-24(15)30(27,28)20-13-16(10-11-19(20)29-2)14-23-21(25)17-8-3-4-9-18(17)22(23)26/h10-11,13,15,17-18H,3-9,12,14H2,1-2H3/t15-,17-,18+/m1/s1. The Morgan fingerprint density at radius 2 is 1.63 bits per heavy atom. The summed E-state index contributed by atoms with van der Waals surface area (Å²) in [6.45, 7) is 2.52. The first-order valence-electron chi connectivity index (χ1n) is 10.9. The molecule has 3 aliphatic rings. The van der Waals surface area contributed by atoms with Crippen LogP contribution < -0.4 is 4.74 Å². The van der Waals surface area contributed by atoms with Crippen molar-refractivity contribution < 1.29 is 22.7 Å². The number of carbonyl (C=O) groups excluding carboxylic acids is 2. The number of hydrogen-bond acceptors (Lipinski definition) is 5. The van der Waals surface area contributed by atoms with E-state index in [9.17, 15) is 18.0 Å². The minimum atomic E-state index is -3.74. The van der Waals surface area contributed by atoms with Gasteiger partial charge in [0.25, 0.3) is 0 Å². The van der Waals surface area contributed by atoms with Crippen molar-refractivity contribution in [1.29, 1.82) is 0 Å². The van der Waals surface area contributed by atoms with Gasteiger partial charge in [-0.2, -0.15) is 4.31 Å². The summed E-state index contributed by atoms with van der Waals surface area (Å²) in [6, 6.07) is 4.86. The zero-order chi connectivity index (χ0) is 21.5. The van der Waals surface area contributed by atoms with Crippen molar-refractivity contribution in [2.24, 2.45) is 11.8 Å². The lowest BCUT2D eigenvalue weighted by molar-refractivity contribution is -0.140. The van der Waals surface area contributed by atoms with E-state index >= 15 is 0 Å². The first-order valence-corrected chi connectivity index (χ1v) is 12.3. The summed E-state index contributed by atoms with van der Waals surface area (Å²) in [5.74, 6) is -0.364. The fourth-order valence-electron chi connectivity index (χ4n) is 5.15. The molecule has 0 spiro atoms. The van der Waals surface area contributed by atoms with Crippen LogP contribution in [0.1, 0.15) is 57.4 Å². The average Bonchev–Trinajstić information content (AvgIpc) is 2.99. The maximum absolute atomic E-state index is 13.4. The highest BCUT2D eigenvalue weighted by Gasteiger charge is 2.48. The molecule has 1 aliphatic carbocycles.